The lowest BCUT2D eigenvalue weighted by molar-refractivity contribution is -0.385. The van der Waals surface area contributed by atoms with Crippen LogP contribution >= 0.6 is 11.6 Å². The van der Waals surface area contributed by atoms with Crippen LogP contribution in [0.3, 0.4) is 0 Å². The molecule has 0 aliphatic rings. The molecule has 0 saturated carbocycles. The lowest BCUT2D eigenvalue weighted by Crippen LogP contribution is -2.33. The number of nitrogens with zero attached hydrogens (tertiary/aromatic N) is 6. The third-order valence-corrected chi connectivity index (χ3v) is 10.5. The second kappa shape index (κ2) is 16.7. The number of ether oxygens (including phenoxy) is 2. The van der Waals surface area contributed by atoms with Gasteiger partial charge in [-0.1, -0.05) is 12.1 Å². The Bertz CT molecular complexity index is 2280. The average molecular weight is 795 g/mol. The summed E-state index contributed by atoms with van der Waals surface area (Å²) >= 11 is 5.90. The Hall–Kier alpha value is -5.14. The lowest BCUT2D eigenvalue weighted by Gasteiger charge is -2.27. The first-order valence-electron chi connectivity index (χ1n) is 15.6. The number of nitro groups is 1. The fraction of sp³-hybridized carbons (Fsp3) is 0.303. The van der Waals surface area contributed by atoms with Crippen LogP contribution in [0.4, 0.5) is 30.6 Å². The van der Waals surface area contributed by atoms with Gasteiger partial charge in [0.15, 0.2) is 5.82 Å². The van der Waals surface area contributed by atoms with Gasteiger partial charge < -0.3 is 9.47 Å². The van der Waals surface area contributed by atoms with Crippen molar-refractivity contribution in [3.63, 3.8) is 0 Å². The molecular weight excluding hydrogens is 762 g/mol. The summed E-state index contributed by atoms with van der Waals surface area (Å²) in [6, 6.07) is 11.7. The largest absolute Gasteiger partial charge is 0.493 e. The van der Waals surface area contributed by atoms with Crippen LogP contribution in [0.1, 0.15) is 39.2 Å². The van der Waals surface area contributed by atoms with Crippen molar-refractivity contribution in [2.75, 3.05) is 23.7 Å². The molecule has 0 aliphatic carbocycles. The molecule has 0 bridgehead atoms. The minimum atomic E-state index is -4.67. The highest BCUT2D eigenvalue weighted by atomic mass is 35.5. The van der Waals surface area contributed by atoms with E-state index >= 15 is 0 Å². The standard InChI is InChI=1S/C33H33ClF2N6O9S2/c1-33(2,3)51-32(43)40-52(4,47)20-21-15-23(42(45)46)18-24(16-21)50-14-8-7-13-41(53(48,49)29-10-6-5-9-27(29)39-44)28-17-22(35)11-12-25(28)30-26(36)19-37-31(34)38-30/h5-6,9-12,15-19H,7-8,13-14,20H2,1-4H3. The van der Waals surface area contributed by atoms with Crippen molar-refractivity contribution in [3.8, 4) is 17.0 Å². The number of aromatic nitrogens is 2. The molecule has 4 rings (SSSR count). The molecule has 4 aromatic rings. The third-order valence-electron chi connectivity index (χ3n) is 7.01. The van der Waals surface area contributed by atoms with Gasteiger partial charge in [-0.15, -0.1) is 9.27 Å². The Labute approximate surface area is 308 Å². The van der Waals surface area contributed by atoms with Crippen LogP contribution in [0.2, 0.25) is 5.28 Å². The zero-order chi connectivity index (χ0) is 39.1. The van der Waals surface area contributed by atoms with E-state index in [1.807, 2.05) is 0 Å². The second-order valence-corrected chi connectivity index (χ2v) is 17.0. The highest BCUT2D eigenvalue weighted by Crippen LogP contribution is 2.37. The summed E-state index contributed by atoms with van der Waals surface area (Å²) in [6.45, 7) is 4.36. The average Bonchev–Trinajstić information content (AvgIpc) is 3.05. The molecule has 20 heteroatoms. The number of non-ortho nitro benzene ring substituents is 1. The number of nitroso groups, excluding NO2 is 1. The molecule has 53 heavy (non-hydrogen) atoms. The number of unbranched alkanes of at least 4 members (excludes halogenated alkanes) is 1. The number of anilines is 1. The van der Waals surface area contributed by atoms with E-state index in [9.17, 15) is 41.2 Å². The summed E-state index contributed by atoms with van der Waals surface area (Å²) in [6.07, 6.45) is 1.07. The summed E-state index contributed by atoms with van der Waals surface area (Å²) < 4.78 is 86.4. The Balaban J connectivity index is 1.61. The topological polar surface area (TPSA) is 201 Å². The molecule has 3 aromatic carbocycles. The van der Waals surface area contributed by atoms with Gasteiger partial charge in [0, 0.05) is 24.4 Å². The third kappa shape index (κ3) is 10.9. The van der Waals surface area contributed by atoms with Crippen LogP contribution in [0, 0.1) is 26.7 Å². The van der Waals surface area contributed by atoms with Crippen LogP contribution in [0.25, 0.3) is 11.3 Å². The van der Waals surface area contributed by atoms with E-state index in [0.29, 0.717) is 0 Å². The molecule has 15 nitrogen and oxygen atoms in total. The van der Waals surface area contributed by atoms with Crippen LogP contribution in [0.5, 0.6) is 5.75 Å². The van der Waals surface area contributed by atoms with Crippen molar-refractivity contribution in [2.24, 2.45) is 9.54 Å². The Morgan fingerprint density at radius 2 is 1.77 bits per heavy atom. The van der Waals surface area contributed by atoms with Gasteiger partial charge in [0.2, 0.25) is 5.28 Å². The fourth-order valence-electron chi connectivity index (χ4n) is 4.93. The monoisotopic (exact) mass is 794 g/mol. The number of benzene rings is 3. The summed E-state index contributed by atoms with van der Waals surface area (Å²) in [7, 11) is -7.91. The Morgan fingerprint density at radius 1 is 1.06 bits per heavy atom. The van der Waals surface area contributed by atoms with E-state index in [4.69, 9.17) is 21.1 Å². The number of rotatable bonds is 14. The zero-order valence-electron chi connectivity index (χ0n) is 28.7. The van der Waals surface area contributed by atoms with Crippen LogP contribution in [-0.4, -0.2) is 58.6 Å². The quantitative estimate of drug-likeness (QED) is 0.0394. The van der Waals surface area contributed by atoms with Crippen molar-refractivity contribution in [3.05, 3.63) is 104 Å². The van der Waals surface area contributed by atoms with Crippen molar-refractivity contribution in [1.82, 2.24) is 9.97 Å². The van der Waals surface area contributed by atoms with Crippen molar-refractivity contribution in [2.45, 2.75) is 49.9 Å². The van der Waals surface area contributed by atoms with E-state index in [-0.39, 0.29) is 65.3 Å². The Morgan fingerprint density at radius 3 is 2.45 bits per heavy atom. The van der Waals surface area contributed by atoms with Crippen LogP contribution in [-0.2, 0) is 30.2 Å². The van der Waals surface area contributed by atoms with E-state index in [1.165, 1.54) is 36.6 Å². The highest BCUT2D eigenvalue weighted by Gasteiger charge is 2.31. The molecule has 0 spiro atoms. The predicted molar refractivity (Wildman–Crippen MR) is 193 cm³/mol. The van der Waals surface area contributed by atoms with Gasteiger partial charge in [0.1, 0.15) is 33.4 Å². The first kappa shape index (κ1) is 40.6. The summed E-state index contributed by atoms with van der Waals surface area (Å²) in [5.41, 5.74) is -2.41. The van der Waals surface area contributed by atoms with Gasteiger partial charge >= 0.3 is 6.09 Å². The van der Waals surface area contributed by atoms with Crippen LogP contribution in [0.15, 0.2) is 81.3 Å². The summed E-state index contributed by atoms with van der Waals surface area (Å²) in [5, 5.41) is 14.1. The van der Waals surface area contributed by atoms with E-state index in [1.54, 1.807) is 20.8 Å². The van der Waals surface area contributed by atoms with Crippen LogP contribution < -0.4 is 9.04 Å². The summed E-state index contributed by atoms with van der Waals surface area (Å²) in [5.74, 6) is -2.18. The molecule has 0 saturated heterocycles. The molecule has 1 unspecified atom stereocenters. The fourth-order valence-corrected chi connectivity index (χ4v) is 7.90. The molecule has 1 aromatic heterocycles. The molecule has 1 heterocycles. The number of sulfonamides is 1. The number of hydrogen-bond acceptors (Lipinski definition) is 12. The molecule has 0 fully saturated rings. The van der Waals surface area contributed by atoms with Gasteiger partial charge in [-0.25, -0.2) is 36.2 Å². The van der Waals surface area contributed by atoms with Crippen molar-refractivity contribution < 1.29 is 40.6 Å². The number of halogens is 3. The van der Waals surface area contributed by atoms with Gasteiger partial charge in [0.25, 0.3) is 15.7 Å². The molecule has 282 valence electrons. The molecule has 0 radical (unpaired) electrons. The van der Waals surface area contributed by atoms with Gasteiger partial charge in [-0.2, -0.15) is 0 Å². The molecule has 1 amide bonds. The maximum Gasteiger partial charge on any atom is 0.442 e. The maximum absolute atomic E-state index is 15.0. The zero-order valence-corrected chi connectivity index (χ0v) is 31.1. The first-order valence-corrected chi connectivity index (χ1v) is 19.5. The molecule has 0 aliphatic heterocycles. The SMILES string of the molecule is CC(C)(C)OC(=O)N=S(C)(=O)Cc1cc(OCCCCN(c2cc(F)ccc2-c2nc(Cl)ncc2F)S(=O)(=O)c2ccccc2N=O)cc([N+](=O)[O-])c1. The maximum atomic E-state index is 15.0. The van der Waals surface area contributed by atoms with E-state index in [2.05, 4.69) is 19.5 Å². The molecule has 1 atom stereocenters. The van der Waals surface area contributed by atoms with Crippen molar-refractivity contribution >= 4 is 54.5 Å². The predicted octanol–water partition coefficient (Wildman–Crippen LogP) is 7.97. The second-order valence-electron chi connectivity index (χ2n) is 12.5. The van der Waals surface area contributed by atoms with Gasteiger partial charge in [-0.05, 0) is 92.4 Å². The van der Waals surface area contributed by atoms with Gasteiger partial charge in [-0.3, -0.25) is 14.4 Å². The minimum absolute atomic E-state index is 0.0145. The number of hydrogen-bond donors (Lipinski definition) is 0. The first-order chi connectivity index (χ1) is 24.8. The molecule has 0 N–H and O–H groups in total. The molecular formula is C33H33ClF2N6O9S2. The smallest absolute Gasteiger partial charge is 0.442 e. The van der Waals surface area contributed by atoms with E-state index < -0.39 is 64.3 Å². The van der Waals surface area contributed by atoms with Gasteiger partial charge in [0.05, 0.1) is 45.0 Å². The highest BCUT2D eigenvalue weighted by molar-refractivity contribution is 7.93. The number of carbonyl (C=O) groups is 1. The number of carbonyl (C=O) groups excluding carboxylic acids is 1. The minimum Gasteiger partial charge on any atom is -0.493 e. The number of nitro benzene ring substituents is 1. The normalized spacial score (nSPS) is 12.7. The Kier molecular flexibility index (Phi) is 12.8. The van der Waals surface area contributed by atoms with E-state index in [0.717, 1.165) is 40.8 Å². The van der Waals surface area contributed by atoms with Crippen molar-refractivity contribution in [1.29, 1.82) is 0 Å². The lowest BCUT2D eigenvalue weighted by atomic mass is 10.1. The number of amides is 1. The summed E-state index contributed by atoms with van der Waals surface area (Å²) in [4.78, 5) is 41.7.